The van der Waals surface area contributed by atoms with Gasteiger partial charge in [0, 0.05) is 5.56 Å². The van der Waals surface area contributed by atoms with Crippen LogP contribution in [0.1, 0.15) is 11.1 Å². The van der Waals surface area contributed by atoms with Crippen LogP contribution in [-0.4, -0.2) is 29.0 Å². The number of halogens is 1. The normalized spacial score (nSPS) is 11.9. The molecule has 2 heterocycles. The van der Waals surface area contributed by atoms with Crippen molar-refractivity contribution in [1.82, 2.24) is 20.6 Å². The first-order valence-corrected chi connectivity index (χ1v) is 10.5. The molecule has 0 spiro atoms. The molecule has 0 bridgehead atoms. The van der Waals surface area contributed by atoms with Crippen molar-refractivity contribution in [2.45, 2.75) is 16.9 Å². The van der Waals surface area contributed by atoms with Crippen LogP contribution in [-0.2, 0) is 15.6 Å². The number of nitrogens with one attached hydrogen (secondary N) is 1. The molecule has 4 aromatic rings. The van der Waals surface area contributed by atoms with Crippen molar-refractivity contribution in [3.8, 4) is 11.4 Å². The third kappa shape index (κ3) is 3.00. The molecule has 4 rings (SSSR count). The zero-order chi connectivity index (χ0) is 18.3. The molecule has 0 aliphatic heterocycles. The van der Waals surface area contributed by atoms with E-state index in [1.165, 1.54) is 11.3 Å². The molecule has 0 atom stereocenters. The van der Waals surface area contributed by atoms with Crippen molar-refractivity contribution in [2.24, 2.45) is 0 Å². The molecular weight excluding hydrogens is 392 g/mol. The monoisotopic (exact) mass is 404 g/mol. The molecule has 0 saturated carbocycles. The van der Waals surface area contributed by atoms with Crippen LogP contribution in [0.4, 0.5) is 0 Å². The van der Waals surface area contributed by atoms with Gasteiger partial charge < -0.3 is 0 Å². The summed E-state index contributed by atoms with van der Waals surface area (Å²) in [5.41, 5.74) is 2.11. The highest BCUT2D eigenvalue weighted by molar-refractivity contribution is 7.93. The lowest BCUT2D eigenvalue weighted by Crippen LogP contribution is -2.04. The van der Waals surface area contributed by atoms with E-state index in [9.17, 15) is 8.42 Å². The van der Waals surface area contributed by atoms with Gasteiger partial charge in [-0.1, -0.05) is 41.9 Å². The molecule has 0 aliphatic rings. The van der Waals surface area contributed by atoms with E-state index in [0.717, 1.165) is 15.6 Å². The van der Waals surface area contributed by atoms with Gasteiger partial charge in [-0.05, 0) is 40.8 Å². The van der Waals surface area contributed by atoms with Gasteiger partial charge in [-0.25, -0.2) is 8.42 Å². The third-order valence-corrected chi connectivity index (χ3v) is 8.20. The van der Waals surface area contributed by atoms with Gasteiger partial charge in [0.2, 0.25) is 5.82 Å². The predicted octanol–water partition coefficient (Wildman–Crippen LogP) is 4.02. The Bertz CT molecular complexity index is 1200. The van der Waals surface area contributed by atoms with Crippen LogP contribution in [0.25, 0.3) is 21.5 Å². The molecule has 2 aromatic heterocycles. The molecule has 0 aliphatic carbocycles. The number of nitrogens with zero attached hydrogens (tertiary/aromatic N) is 3. The van der Waals surface area contributed by atoms with Gasteiger partial charge in [0.15, 0.2) is 9.84 Å². The Balaban J connectivity index is 1.74. The van der Waals surface area contributed by atoms with Crippen LogP contribution < -0.4 is 0 Å². The topological polar surface area (TPSA) is 88.6 Å². The van der Waals surface area contributed by atoms with Crippen LogP contribution >= 0.6 is 22.9 Å². The molecule has 9 heteroatoms. The van der Waals surface area contributed by atoms with E-state index in [4.69, 9.17) is 11.6 Å². The Hall–Kier alpha value is -2.29. The number of aryl methyl sites for hydroxylation is 1. The van der Waals surface area contributed by atoms with Crippen molar-refractivity contribution in [3.63, 3.8) is 0 Å². The minimum Gasteiger partial charge on any atom is -0.223 e. The van der Waals surface area contributed by atoms with Crippen molar-refractivity contribution < 1.29 is 8.42 Å². The summed E-state index contributed by atoms with van der Waals surface area (Å²) >= 11 is 7.44. The molecule has 0 radical (unpaired) electrons. The Kier molecular flexibility index (Phi) is 4.26. The van der Waals surface area contributed by atoms with Crippen LogP contribution in [0.2, 0.25) is 5.02 Å². The maximum absolute atomic E-state index is 13.0. The fourth-order valence-corrected chi connectivity index (χ4v) is 6.35. The van der Waals surface area contributed by atoms with E-state index in [1.807, 2.05) is 25.1 Å². The molecule has 26 heavy (non-hydrogen) atoms. The van der Waals surface area contributed by atoms with E-state index in [1.54, 1.807) is 24.3 Å². The molecule has 0 fully saturated rings. The van der Waals surface area contributed by atoms with Crippen LogP contribution in [0, 0.1) is 6.92 Å². The SMILES string of the molecule is Cc1c(S(=O)(=O)Cc2cccc(-c3nn[nH]n3)c2)sc2c(Cl)cccc12. The second kappa shape index (κ2) is 6.46. The Morgan fingerprint density at radius 1 is 1.19 bits per heavy atom. The average molecular weight is 405 g/mol. The Morgan fingerprint density at radius 2 is 2.00 bits per heavy atom. The van der Waals surface area contributed by atoms with Crippen molar-refractivity contribution in [3.05, 3.63) is 58.6 Å². The fraction of sp³-hybridized carbons (Fsp3) is 0.118. The number of fused-ring (bicyclic) bond motifs is 1. The van der Waals surface area contributed by atoms with Gasteiger partial charge in [-0.2, -0.15) is 5.21 Å². The average Bonchev–Trinajstić information content (AvgIpc) is 3.25. The smallest absolute Gasteiger partial charge is 0.204 e. The van der Waals surface area contributed by atoms with Crippen molar-refractivity contribution in [2.75, 3.05) is 0 Å². The highest BCUT2D eigenvalue weighted by atomic mass is 35.5. The molecule has 0 amide bonds. The first-order valence-electron chi connectivity index (χ1n) is 7.69. The van der Waals surface area contributed by atoms with Crippen LogP contribution in [0.15, 0.2) is 46.7 Å². The number of benzene rings is 2. The number of aromatic amines is 1. The summed E-state index contributed by atoms with van der Waals surface area (Å²) in [6, 6.07) is 12.6. The number of hydrogen-bond donors (Lipinski definition) is 1. The lowest BCUT2D eigenvalue weighted by Gasteiger charge is -2.05. The molecule has 6 nitrogen and oxygen atoms in total. The number of tetrazole rings is 1. The first kappa shape index (κ1) is 17.1. The fourth-order valence-electron chi connectivity index (χ4n) is 2.85. The number of aromatic nitrogens is 4. The minimum absolute atomic E-state index is 0.107. The summed E-state index contributed by atoms with van der Waals surface area (Å²) in [6.07, 6.45) is 0. The molecule has 2 aromatic carbocycles. The molecule has 0 saturated heterocycles. The summed E-state index contributed by atoms with van der Waals surface area (Å²) in [7, 11) is -3.51. The largest absolute Gasteiger partial charge is 0.223 e. The summed E-state index contributed by atoms with van der Waals surface area (Å²) in [4.78, 5) is 0. The second-order valence-electron chi connectivity index (χ2n) is 5.83. The molecular formula is C17H13ClN4O2S2. The van der Waals surface area contributed by atoms with E-state index >= 15 is 0 Å². The predicted molar refractivity (Wildman–Crippen MR) is 102 cm³/mol. The first-order chi connectivity index (χ1) is 12.5. The number of H-pyrrole nitrogens is 1. The van der Waals surface area contributed by atoms with E-state index < -0.39 is 9.84 Å². The third-order valence-electron chi connectivity index (χ3n) is 4.04. The van der Waals surface area contributed by atoms with Crippen molar-refractivity contribution >= 4 is 42.9 Å². The van der Waals surface area contributed by atoms with Gasteiger partial charge in [0.1, 0.15) is 4.21 Å². The van der Waals surface area contributed by atoms with Gasteiger partial charge in [0.25, 0.3) is 0 Å². The maximum Gasteiger partial charge on any atom is 0.204 e. The lowest BCUT2D eigenvalue weighted by atomic mass is 10.1. The Labute approximate surface area is 158 Å². The standard InChI is InChI=1S/C17H13ClN4O2S2/c1-10-13-6-3-7-14(18)15(13)25-17(10)26(23,24)9-11-4-2-5-12(8-11)16-19-21-22-20-16/h2-8H,9H2,1H3,(H,19,20,21,22). The van der Waals surface area contributed by atoms with E-state index in [2.05, 4.69) is 20.6 Å². The summed E-state index contributed by atoms with van der Waals surface area (Å²) < 4.78 is 27.2. The zero-order valence-corrected chi connectivity index (χ0v) is 16.0. The summed E-state index contributed by atoms with van der Waals surface area (Å²) in [6.45, 7) is 1.82. The second-order valence-corrected chi connectivity index (χ2v) is 9.44. The van der Waals surface area contributed by atoms with Crippen molar-refractivity contribution in [1.29, 1.82) is 0 Å². The van der Waals surface area contributed by atoms with Gasteiger partial charge in [0.05, 0.1) is 15.5 Å². The van der Waals surface area contributed by atoms with Gasteiger partial charge >= 0.3 is 0 Å². The number of rotatable bonds is 4. The Morgan fingerprint density at radius 3 is 2.73 bits per heavy atom. The number of sulfone groups is 1. The molecule has 0 unspecified atom stereocenters. The van der Waals surface area contributed by atoms with Crippen LogP contribution in [0.5, 0.6) is 0 Å². The maximum atomic E-state index is 13.0. The molecule has 132 valence electrons. The zero-order valence-electron chi connectivity index (χ0n) is 13.6. The number of hydrogen-bond acceptors (Lipinski definition) is 6. The highest BCUT2D eigenvalue weighted by Crippen LogP contribution is 2.39. The van der Waals surface area contributed by atoms with Gasteiger partial charge in [-0.15, -0.1) is 21.5 Å². The minimum atomic E-state index is -3.51. The van der Waals surface area contributed by atoms with Gasteiger partial charge in [-0.3, -0.25) is 0 Å². The lowest BCUT2D eigenvalue weighted by molar-refractivity contribution is 0.597. The summed E-state index contributed by atoms with van der Waals surface area (Å²) in [5.74, 6) is 0.318. The van der Waals surface area contributed by atoms with E-state index in [0.29, 0.717) is 26.2 Å². The molecule has 1 N–H and O–H groups in total. The number of thiophene rings is 1. The van der Waals surface area contributed by atoms with Crippen LogP contribution in [0.3, 0.4) is 0 Å². The van der Waals surface area contributed by atoms with E-state index in [-0.39, 0.29) is 5.75 Å². The highest BCUT2D eigenvalue weighted by Gasteiger charge is 2.23. The quantitative estimate of drug-likeness (QED) is 0.555. The summed E-state index contributed by atoms with van der Waals surface area (Å²) in [5, 5.41) is 15.2.